The maximum absolute atomic E-state index is 12.8. The highest BCUT2D eigenvalue weighted by atomic mass is 32.2. The number of carboxylic acid groups (broad SMARTS) is 2. The van der Waals surface area contributed by atoms with E-state index in [1.54, 1.807) is 12.1 Å². The normalized spacial score (nSPS) is 26.6. The highest BCUT2D eigenvalue weighted by Crippen LogP contribution is 2.42. The van der Waals surface area contributed by atoms with Gasteiger partial charge in [0.25, 0.3) is 0 Å². The smallest absolute Gasteiger partial charge is 0.345 e. The second kappa shape index (κ2) is 10.8. The maximum Gasteiger partial charge on any atom is 0.345 e. The third-order valence-corrected chi connectivity index (χ3v) is 7.45. The molecule has 36 heavy (non-hydrogen) atoms. The minimum atomic E-state index is -1.51. The van der Waals surface area contributed by atoms with Crippen LogP contribution in [-0.2, 0) is 30.3 Å². The van der Waals surface area contributed by atoms with Crippen LogP contribution in [0, 0.1) is 0 Å². The Kier molecular flexibility index (Phi) is 7.81. The Balaban J connectivity index is 1.52. The summed E-state index contributed by atoms with van der Waals surface area (Å²) in [5, 5.41) is 52.4. The molecule has 6 atom stereocenters. The Bertz CT molecular complexity index is 1200. The van der Waals surface area contributed by atoms with Crippen LogP contribution >= 0.6 is 11.8 Å². The number of nitrogens with one attached hydrogen (secondary N) is 1. The first-order valence-electron chi connectivity index (χ1n) is 11.1. The number of thioether (sulfide) groups is 1. The van der Waals surface area contributed by atoms with Crippen molar-refractivity contribution >= 4 is 40.4 Å². The van der Waals surface area contributed by atoms with E-state index in [1.807, 2.05) is 30.3 Å². The summed E-state index contributed by atoms with van der Waals surface area (Å²) in [5.41, 5.74) is 0.700. The molecule has 0 unspecified atom stereocenters. The Labute approximate surface area is 209 Å². The zero-order chi connectivity index (χ0) is 26.0. The molecule has 0 spiro atoms. The van der Waals surface area contributed by atoms with Crippen molar-refractivity contribution in [3.63, 3.8) is 0 Å². The zero-order valence-corrected chi connectivity index (χ0v) is 19.6. The highest BCUT2D eigenvalue weighted by molar-refractivity contribution is 8.04. The van der Waals surface area contributed by atoms with E-state index >= 15 is 0 Å². The van der Waals surface area contributed by atoms with Gasteiger partial charge in [0.05, 0.1) is 13.0 Å². The van der Waals surface area contributed by atoms with E-state index in [2.05, 4.69) is 5.32 Å². The number of hydrogen-bond donors (Lipinski definition) is 6. The number of carbonyl (C=O) groups is 3. The first-order valence-corrected chi connectivity index (χ1v) is 12.0. The Morgan fingerprint density at radius 2 is 1.75 bits per heavy atom. The van der Waals surface area contributed by atoms with E-state index in [-0.39, 0.29) is 17.1 Å². The van der Waals surface area contributed by atoms with Gasteiger partial charge in [0.2, 0.25) is 12.2 Å². The minimum Gasteiger partial charge on any atom is -0.480 e. The Morgan fingerprint density at radius 1 is 1.03 bits per heavy atom. The Morgan fingerprint density at radius 3 is 2.44 bits per heavy atom. The predicted octanol–water partition coefficient (Wildman–Crippen LogP) is 0.209. The lowest BCUT2D eigenvalue weighted by molar-refractivity contribution is -0.243. The summed E-state index contributed by atoms with van der Waals surface area (Å²) in [7, 11) is 0. The summed E-state index contributed by atoms with van der Waals surface area (Å²) < 4.78 is 11.1. The van der Waals surface area contributed by atoms with Gasteiger partial charge >= 0.3 is 11.9 Å². The van der Waals surface area contributed by atoms with E-state index in [1.165, 1.54) is 0 Å². The number of carboxylic acids is 2. The number of amides is 1. The first kappa shape index (κ1) is 25.9. The number of benzene rings is 2. The van der Waals surface area contributed by atoms with E-state index in [0.717, 1.165) is 10.8 Å². The molecule has 1 fully saturated rings. The molecule has 192 valence electrons. The van der Waals surface area contributed by atoms with Gasteiger partial charge in [-0.2, -0.15) is 0 Å². The van der Waals surface area contributed by atoms with Crippen LogP contribution in [0.25, 0.3) is 10.8 Å². The number of carbonyl (C=O) groups excluding carboxylic acids is 1. The quantitative estimate of drug-likeness (QED) is 0.280. The summed E-state index contributed by atoms with van der Waals surface area (Å²) in [6.45, 7) is -0.623. The van der Waals surface area contributed by atoms with Gasteiger partial charge in [-0.25, -0.2) is 9.59 Å². The van der Waals surface area contributed by atoms with Gasteiger partial charge < -0.3 is 40.3 Å². The first-order chi connectivity index (χ1) is 17.2. The molecule has 11 nitrogen and oxygen atoms in total. The van der Waals surface area contributed by atoms with Crippen LogP contribution in [0.3, 0.4) is 0 Å². The molecule has 2 aromatic carbocycles. The van der Waals surface area contributed by atoms with Gasteiger partial charge in [-0.3, -0.25) is 4.79 Å². The van der Waals surface area contributed by atoms with Crippen molar-refractivity contribution in [1.82, 2.24) is 5.32 Å². The van der Waals surface area contributed by atoms with Crippen LogP contribution in [0.1, 0.15) is 12.0 Å². The van der Waals surface area contributed by atoms with Crippen molar-refractivity contribution in [3.05, 3.63) is 58.7 Å². The van der Waals surface area contributed by atoms with E-state index in [4.69, 9.17) is 9.47 Å². The molecule has 0 aliphatic carbocycles. The lowest BCUT2D eigenvalue weighted by Crippen LogP contribution is -2.59. The molecular formula is C24H25NO10S. The van der Waals surface area contributed by atoms with Crippen molar-refractivity contribution in [2.45, 2.75) is 48.7 Å². The molecule has 0 radical (unpaired) electrons. The van der Waals surface area contributed by atoms with Crippen LogP contribution in [0.4, 0.5) is 0 Å². The minimum absolute atomic E-state index is 0.0956. The predicted molar refractivity (Wildman–Crippen MR) is 127 cm³/mol. The van der Waals surface area contributed by atoms with Crippen molar-refractivity contribution in [2.75, 3.05) is 6.61 Å². The topological polar surface area (TPSA) is 183 Å². The number of hydrogen-bond acceptors (Lipinski definition) is 9. The van der Waals surface area contributed by atoms with E-state index < -0.39 is 66.8 Å². The van der Waals surface area contributed by atoms with Gasteiger partial charge in [0.1, 0.15) is 40.3 Å². The number of fused-ring (bicyclic) bond motifs is 2. The second-order valence-corrected chi connectivity index (χ2v) is 9.63. The second-order valence-electron chi connectivity index (χ2n) is 8.44. The maximum atomic E-state index is 12.8. The molecule has 0 aromatic heterocycles. The third kappa shape index (κ3) is 5.32. The molecule has 12 heteroatoms. The number of rotatable bonds is 8. The summed E-state index contributed by atoms with van der Waals surface area (Å²) >= 11 is 0.665. The van der Waals surface area contributed by atoms with Crippen molar-refractivity contribution in [1.29, 1.82) is 0 Å². The Hall–Kier alpha value is -3.16. The van der Waals surface area contributed by atoms with Crippen LogP contribution in [-0.4, -0.2) is 85.9 Å². The molecule has 0 bridgehead atoms. The van der Waals surface area contributed by atoms with Crippen LogP contribution in [0.2, 0.25) is 0 Å². The molecule has 2 aliphatic rings. The van der Waals surface area contributed by atoms with E-state index in [0.29, 0.717) is 17.3 Å². The average Bonchev–Trinajstić information content (AvgIpc) is 2.85. The van der Waals surface area contributed by atoms with Crippen LogP contribution in [0.5, 0.6) is 0 Å². The summed E-state index contributed by atoms with van der Waals surface area (Å²) in [6, 6.07) is 11.4. The van der Waals surface area contributed by atoms with Crippen molar-refractivity contribution < 1.29 is 49.4 Å². The summed E-state index contributed by atoms with van der Waals surface area (Å²) in [4.78, 5) is 36.2. The van der Waals surface area contributed by atoms with E-state index in [9.17, 15) is 39.9 Å². The van der Waals surface area contributed by atoms with Crippen molar-refractivity contribution in [2.24, 2.45) is 0 Å². The fourth-order valence-electron chi connectivity index (χ4n) is 4.23. The zero-order valence-electron chi connectivity index (χ0n) is 18.8. The fourth-order valence-corrected chi connectivity index (χ4v) is 5.40. The summed E-state index contributed by atoms with van der Waals surface area (Å²) in [5.74, 6) is -3.66. The number of aliphatic carboxylic acids is 2. The average molecular weight is 520 g/mol. The molecule has 1 saturated heterocycles. The number of aliphatic hydroxyl groups excluding tert-OH is 3. The standard InChI is InChI=1S/C24H25NO10S/c26-10-16-18(28)19(29)21-24(35-16)34-15(20(36-21)23(32)33)9-14(22(30)31)25-17(27)8-12-6-3-5-11-4-1-2-7-13(11)12/h1-7,14,16,18-19,21,24,26,28-29H,8-10H2,(H,25,27)(H,30,31)(H,32,33)/t14-,16+,18+,19-,21+,24-/m0/s1. The molecule has 2 heterocycles. The molecule has 0 saturated carbocycles. The summed E-state index contributed by atoms with van der Waals surface area (Å²) in [6.07, 6.45) is -5.95. The molecule has 1 amide bonds. The van der Waals surface area contributed by atoms with Crippen molar-refractivity contribution in [3.8, 4) is 0 Å². The highest BCUT2D eigenvalue weighted by Gasteiger charge is 2.50. The largest absolute Gasteiger partial charge is 0.480 e. The monoisotopic (exact) mass is 519 g/mol. The van der Waals surface area contributed by atoms with Gasteiger partial charge in [-0.1, -0.05) is 42.5 Å². The third-order valence-electron chi connectivity index (χ3n) is 6.04. The van der Waals surface area contributed by atoms with Crippen LogP contribution in [0.15, 0.2) is 53.1 Å². The molecular weight excluding hydrogens is 494 g/mol. The van der Waals surface area contributed by atoms with Gasteiger partial charge in [-0.05, 0) is 16.3 Å². The lowest BCUT2D eigenvalue weighted by atomic mass is 10.0. The van der Waals surface area contributed by atoms with Crippen LogP contribution < -0.4 is 5.32 Å². The number of ether oxygens (including phenoxy) is 2. The molecule has 2 aromatic rings. The molecule has 6 N–H and O–H groups in total. The van der Waals surface area contributed by atoms with Gasteiger partial charge in [-0.15, -0.1) is 11.8 Å². The SMILES string of the molecule is O=C(Cc1cccc2ccccc12)N[C@@H](CC1=C(C(=O)O)S[C@H]2[C@@H](O1)O[C@H](CO)[C@@H](O)[C@@H]2O)C(=O)O. The van der Waals surface area contributed by atoms with Gasteiger partial charge in [0, 0.05) is 6.42 Å². The fraction of sp³-hybridized carbons (Fsp3) is 0.375. The lowest BCUT2D eigenvalue weighted by Gasteiger charge is -2.44. The number of aliphatic hydroxyl groups is 3. The van der Waals surface area contributed by atoms with Gasteiger partial charge in [0.15, 0.2) is 0 Å². The molecule has 2 aliphatic heterocycles. The molecule has 4 rings (SSSR count).